The molecule has 2 bridgehead atoms. The van der Waals surface area contributed by atoms with Crippen LogP contribution in [-0.4, -0.2) is 55.0 Å². The molecule has 3 fully saturated rings. The van der Waals surface area contributed by atoms with E-state index < -0.39 is 10.0 Å². The van der Waals surface area contributed by atoms with Crippen LogP contribution in [0.5, 0.6) is 0 Å². The number of hydrogen-bond donors (Lipinski definition) is 1. The normalized spacial score (nSPS) is 29.1. The fourth-order valence-corrected chi connectivity index (χ4v) is 6.44. The lowest BCUT2D eigenvalue weighted by Gasteiger charge is -2.37. The Kier molecular flexibility index (Phi) is 5.16. The zero-order valence-corrected chi connectivity index (χ0v) is 17.0. The molecule has 142 valence electrons. The highest BCUT2D eigenvalue weighted by molar-refractivity contribution is 7.89. The number of nitrogens with one attached hydrogen (secondary N) is 1. The summed E-state index contributed by atoms with van der Waals surface area (Å²) < 4.78 is 27.0. The third-order valence-corrected chi connectivity index (χ3v) is 8.57. The second kappa shape index (κ2) is 7.26. The molecule has 1 heterocycles. The summed E-state index contributed by atoms with van der Waals surface area (Å²) in [7, 11) is -3.47. The summed E-state index contributed by atoms with van der Waals surface area (Å²) >= 11 is 11.5. The number of nitrogens with zero attached hydrogens (tertiary/aromatic N) is 2. The van der Waals surface area contributed by atoms with Gasteiger partial charge >= 0.3 is 0 Å². The average molecular weight is 414 g/mol. The van der Waals surface area contributed by atoms with Gasteiger partial charge < -0.3 is 10.2 Å². The molecule has 1 aliphatic heterocycles. The molecule has 2 aliphatic carbocycles. The number of halogens is 1. The molecular formula is C18H24ClN3O2S2. The van der Waals surface area contributed by atoms with E-state index in [0.717, 1.165) is 16.9 Å². The van der Waals surface area contributed by atoms with Gasteiger partial charge in [-0.1, -0.05) is 18.0 Å². The van der Waals surface area contributed by atoms with Crippen LogP contribution in [0.4, 0.5) is 0 Å². The van der Waals surface area contributed by atoms with Crippen LogP contribution in [0.3, 0.4) is 0 Å². The summed E-state index contributed by atoms with van der Waals surface area (Å²) in [5.41, 5.74) is 0. The largest absolute Gasteiger partial charge is 0.360 e. The zero-order chi connectivity index (χ0) is 18.3. The van der Waals surface area contributed by atoms with Crippen LogP contribution in [0.1, 0.15) is 25.7 Å². The molecule has 0 radical (unpaired) electrons. The predicted molar refractivity (Wildman–Crippen MR) is 107 cm³/mol. The first-order chi connectivity index (χ1) is 12.4. The Hall–Kier alpha value is -0.890. The molecule has 1 aromatic rings. The topological polar surface area (TPSA) is 52.7 Å². The second-order valence-corrected chi connectivity index (χ2v) is 10.3. The summed E-state index contributed by atoms with van der Waals surface area (Å²) in [6, 6.07) is 6.85. The number of benzene rings is 1. The molecule has 1 aromatic carbocycles. The van der Waals surface area contributed by atoms with Gasteiger partial charge in [0, 0.05) is 37.2 Å². The molecule has 2 saturated carbocycles. The van der Waals surface area contributed by atoms with Crippen molar-refractivity contribution in [3.63, 3.8) is 0 Å². The molecule has 0 spiro atoms. The van der Waals surface area contributed by atoms with Gasteiger partial charge in [0.1, 0.15) is 0 Å². The van der Waals surface area contributed by atoms with E-state index in [1.165, 1.54) is 30.0 Å². The van der Waals surface area contributed by atoms with E-state index >= 15 is 0 Å². The third-order valence-electron chi connectivity index (χ3n) is 6.02. The van der Waals surface area contributed by atoms with Crippen molar-refractivity contribution in [1.82, 2.24) is 14.5 Å². The highest BCUT2D eigenvalue weighted by Crippen LogP contribution is 2.44. The number of rotatable bonds is 3. The summed E-state index contributed by atoms with van der Waals surface area (Å²) in [6.07, 6.45) is 5.26. The van der Waals surface area contributed by atoms with E-state index in [4.69, 9.17) is 23.8 Å². The zero-order valence-electron chi connectivity index (χ0n) is 14.6. The molecule has 3 aliphatic rings. The Labute approximate surface area is 165 Å². The molecule has 4 rings (SSSR count). The lowest BCUT2D eigenvalue weighted by atomic mass is 9.95. The smallest absolute Gasteiger partial charge is 0.243 e. The maximum atomic E-state index is 12.8. The molecule has 3 atom stereocenters. The van der Waals surface area contributed by atoms with Gasteiger partial charge in [0.05, 0.1) is 4.90 Å². The van der Waals surface area contributed by atoms with Crippen LogP contribution < -0.4 is 5.32 Å². The maximum absolute atomic E-state index is 12.8. The molecule has 8 heteroatoms. The van der Waals surface area contributed by atoms with Gasteiger partial charge in [-0.25, -0.2) is 8.42 Å². The minimum atomic E-state index is -3.47. The number of hydrogen-bond acceptors (Lipinski definition) is 3. The van der Waals surface area contributed by atoms with Gasteiger partial charge in [0.2, 0.25) is 10.0 Å². The van der Waals surface area contributed by atoms with Gasteiger partial charge in [-0.2, -0.15) is 4.31 Å². The lowest BCUT2D eigenvalue weighted by Crippen LogP contribution is -2.54. The summed E-state index contributed by atoms with van der Waals surface area (Å²) in [6.45, 7) is 2.14. The van der Waals surface area contributed by atoms with E-state index in [-0.39, 0.29) is 4.90 Å². The van der Waals surface area contributed by atoms with Crippen molar-refractivity contribution in [1.29, 1.82) is 0 Å². The van der Waals surface area contributed by atoms with Crippen LogP contribution >= 0.6 is 23.8 Å². The van der Waals surface area contributed by atoms with Crippen molar-refractivity contribution in [2.24, 2.45) is 11.8 Å². The van der Waals surface area contributed by atoms with Crippen LogP contribution in [-0.2, 0) is 10.0 Å². The summed E-state index contributed by atoms with van der Waals surface area (Å²) in [5.74, 6) is 1.64. The quantitative estimate of drug-likeness (QED) is 0.772. The van der Waals surface area contributed by atoms with Gasteiger partial charge in [0.15, 0.2) is 5.11 Å². The van der Waals surface area contributed by atoms with Gasteiger partial charge in [-0.3, -0.25) is 0 Å². The number of sulfonamides is 1. The van der Waals surface area contributed by atoms with E-state index in [1.54, 1.807) is 24.3 Å². The first-order valence-corrected chi connectivity index (χ1v) is 11.5. The molecule has 1 N–H and O–H groups in total. The standard InChI is InChI=1S/C18H24ClN3O2S2/c19-15-3-5-16(6-4-15)26(23,24)22-9-7-21(8-10-22)18(25)20-17-12-13-1-2-14(17)11-13/h3-6,13-14,17H,1-2,7-12H2,(H,20,25)/t13-,14+,17+/m0/s1. The Morgan fingerprint density at radius 1 is 1.08 bits per heavy atom. The monoisotopic (exact) mass is 413 g/mol. The number of piperazine rings is 1. The first kappa shape index (κ1) is 18.5. The van der Waals surface area contributed by atoms with Crippen LogP contribution in [0.25, 0.3) is 0 Å². The van der Waals surface area contributed by atoms with E-state index in [1.807, 2.05) is 0 Å². The Morgan fingerprint density at radius 2 is 1.77 bits per heavy atom. The van der Waals surface area contributed by atoms with Crippen LogP contribution in [0.2, 0.25) is 5.02 Å². The molecule has 1 saturated heterocycles. The second-order valence-electron chi connectivity index (χ2n) is 7.58. The van der Waals surface area contributed by atoms with E-state index in [2.05, 4.69) is 10.2 Å². The molecular weight excluding hydrogens is 390 g/mol. The maximum Gasteiger partial charge on any atom is 0.243 e. The summed E-state index contributed by atoms with van der Waals surface area (Å²) in [4.78, 5) is 2.40. The first-order valence-electron chi connectivity index (χ1n) is 9.24. The predicted octanol–water partition coefficient (Wildman–Crippen LogP) is 2.71. The fourth-order valence-electron chi connectivity index (χ4n) is 4.56. The Morgan fingerprint density at radius 3 is 2.35 bits per heavy atom. The Balaban J connectivity index is 1.33. The SMILES string of the molecule is O=S(=O)(c1ccc(Cl)cc1)N1CCN(C(=S)N[C@@H]2C[C@H]3CC[C@@H]2C3)CC1. The minimum Gasteiger partial charge on any atom is -0.360 e. The molecule has 0 aromatic heterocycles. The molecule has 5 nitrogen and oxygen atoms in total. The van der Waals surface area contributed by atoms with Crippen molar-refractivity contribution in [3.05, 3.63) is 29.3 Å². The number of thiocarbonyl (C=S) groups is 1. The highest BCUT2D eigenvalue weighted by Gasteiger charge is 2.40. The van der Waals surface area contributed by atoms with E-state index in [0.29, 0.717) is 37.2 Å². The van der Waals surface area contributed by atoms with Gasteiger partial charge in [-0.15, -0.1) is 0 Å². The average Bonchev–Trinajstić information content (AvgIpc) is 3.25. The number of fused-ring (bicyclic) bond motifs is 2. The van der Waals surface area contributed by atoms with E-state index in [9.17, 15) is 8.42 Å². The fraction of sp³-hybridized carbons (Fsp3) is 0.611. The van der Waals surface area contributed by atoms with Crippen molar-refractivity contribution in [3.8, 4) is 0 Å². The van der Waals surface area contributed by atoms with Crippen molar-refractivity contribution < 1.29 is 8.42 Å². The molecule has 0 unspecified atom stereocenters. The van der Waals surface area contributed by atoms with Crippen molar-refractivity contribution >= 4 is 39.0 Å². The highest BCUT2D eigenvalue weighted by atomic mass is 35.5. The minimum absolute atomic E-state index is 0.290. The van der Waals surface area contributed by atoms with Crippen molar-refractivity contribution in [2.75, 3.05) is 26.2 Å². The van der Waals surface area contributed by atoms with Crippen molar-refractivity contribution in [2.45, 2.75) is 36.6 Å². The Bertz CT molecular complexity index is 776. The molecule has 0 amide bonds. The van der Waals surface area contributed by atoms with Crippen LogP contribution in [0, 0.1) is 11.8 Å². The summed E-state index contributed by atoms with van der Waals surface area (Å²) in [5, 5.41) is 4.86. The van der Waals surface area contributed by atoms with Crippen LogP contribution in [0.15, 0.2) is 29.2 Å². The third kappa shape index (κ3) is 3.59. The lowest BCUT2D eigenvalue weighted by molar-refractivity contribution is 0.258. The van der Waals surface area contributed by atoms with Gasteiger partial charge in [-0.05, 0) is 67.6 Å². The van der Waals surface area contributed by atoms with Gasteiger partial charge in [0.25, 0.3) is 0 Å². The molecule has 26 heavy (non-hydrogen) atoms.